The first-order valence-electron chi connectivity index (χ1n) is 7.15. The van der Waals surface area contributed by atoms with E-state index in [9.17, 15) is 9.59 Å². The van der Waals surface area contributed by atoms with Crippen LogP contribution in [0.4, 0.5) is 0 Å². The van der Waals surface area contributed by atoms with E-state index in [1.54, 1.807) is 12.0 Å². The Morgan fingerprint density at radius 1 is 1.45 bits per heavy atom. The second-order valence-corrected chi connectivity index (χ2v) is 6.06. The van der Waals surface area contributed by atoms with Gasteiger partial charge in [-0.15, -0.1) is 0 Å². The summed E-state index contributed by atoms with van der Waals surface area (Å²) >= 11 is 0. The van der Waals surface area contributed by atoms with Crippen molar-refractivity contribution in [2.75, 3.05) is 26.7 Å². The summed E-state index contributed by atoms with van der Waals surface area (Å²) in [5.41, 5.74) is 5.45. The van der Waals surface area contributed by atoms with Gasteiger partial charge in [0.2, 0.25) is 11.8 Å². The molecule has 0 radical (unpaired) electrons. The van der Waals surface area contributed by atoms with Gasteiger partial charge in [0.1, 0.15) is 0 Å². The molecule has 1 heterocycles. The molecule has 20 heavy (non-hydrogen) atoms. The highest BCUT2D eigenvalue weighted by atomic mass is 16.5. The number of hydrogen-bond donors (Lipinski definition) is 2. The van der Waals surface area contributed by atoms with E-state index in [4.69, 9.17) is 10.5 Å². The van der Waals surface area contributed by atoms with Gasteiger partial charge in [0.05, 0.1) is 18.2 Å². The van der Waals surface area contributed by atoms with Gasteiger partial charge in [-0.25, -0.2) is 0 Å². The number of rotatable bonds is 5. The van der Waals surface area contributed by atoms with Gasteiger partial charge in [-0.3, -0.25) is 9.59 Å². The zero-order valence-corrected chi connectivity index (χ0v) is 12.9. The third-order valence-corrected chi connectivity index (χ3v) is 3.94. The molecule has 6 heteroatoms. The van der Waals surface area contributed by atoms with Crippen molar-refractivity contribution in [1.29, 1.82) is 0 Å². The van der Waals surface area contributed by atoms with Crippen molar-refractivity contribution in [3.05, 3.63) is 0 Å². The smallest absolute Gasteiger partial charge is 0.242 e. The lowest BCUT2D eigenvalue weighted by Gasteiger charge is -2.39. The minimum atomic E-state index is -0.576. The SMILES string of the molecule is COC1(C)CCCN(C(=O)CNC(=O)[C@@H](N)C(C)C)C1. The van der Waals surface area contributed by atoms with Crippen molar-refractivity contribution in [3.8, 4) is 0 Å². The monoisotopic (exact) mass is 285 g/mol. The van der Waals surface area contributed by atoms with Crippen LogP contribution in [-0.4, -0.2) is 55.1 Å². The highest BCUT2D eigenvalue weighted by Gasteiger charge is 2.33. The number of likely N-dealkylation sites (tertiary alicyclic amines) is 1. The van der Waals surface area contributed by atoms with Crippen LogP contribution in [0.15, 0.2) is 0 Å². The first-order valence-corrected chi connectivity index (χ1v) is 7.15. The van der Waals surface area contributed by atoms with Crippen LogP contribution in [0.2, 0.25) is 0 Å². The van der Waals surface area contributed by atoms with Gasteiger partial charge in [-0.1, -0.05) is 13.8 Å². The van der Waals surface area contributed by atoms with Crippen molar-refractivity contribution in [2.24, 2.45) is 11.7 Å². The Morgan fingerprint density at radius 3 is 2.65 bits per heavy atom. The van der Waals surface area contributed by atoms with Crippen LogP contribution in [0.3, 0.4) is 0 Å². The van der Waals surface area contributed by atoms with E-state index in [1.807, 2.05) is 20.8 Å². The number of piperidine rings is 1. The van der Waals surface area contributed by atoms with E-state index in [2.05, 4.69) is 5.32 Å². The number of ether oxygens (including phenoxy) is 1. The number of amides is 2. The molecule has 1 aliphatic heterocycles. The van der Waals surface area contributed by atoms with Crippen LogP contribution >= 0.6 is 0 Å². The van der Waals surface area contributed by atoms with Gasteiger partial charge in [-0.05, 0) is 25.7 Å². The molecule has 1 saturated heterocycles. The Hall–Kier alpha value is -1.14. The molecular formula is C14H27N3O3. The number of nitrogens with two attached hydrogens (primary N) is 1. The van der Waals surface area contributed by atoms with Gasteiger partial charge < -0.3 is 20.7 Å². The van der Waals surface area contributed by atoms with Gasteiger partial charge in [0.15, 0.2) is 0 Å². The summed E-state index contributed by atoms with van der Waals surface area (Å²) in [7, 11) is 1.66. The molecule has 2 amide bonds. The molecule has 116 valence electrons. The summed E-state index contributed by atoms with van der Waals surface area (Å²) in [6.45, 7) is 7.03. The zero-order valence-electron chi connectivity index (χ0n) is 12.9. The molecule has 1 aliphatic rings. The lowest BCUT2D eigenvalue weighted by molar-refractivity contribution is -0.139. The number of methoxy groups -OCH3 is 1. The summed E-state index contributed by atoms with van der Waals surface area (Å²) in [4.78, 5) is 25.6. The lowest BCUT2D eigenvalue weighted by Crippen LogP contribution is -2.53. The number of nitrogens with one attached hydrogen (secondary N) is 1. The molecule has 1 unspecified atom stereocenters. The fraction of sp³-hybridized carbons (Fsp3) is 0.857. The average Bonchev–Trinajstić information content (AvgIpc) is 2.43. The van der Waals surface area contributed by atoms with E-state index in [1.165, 1.54) is 0 Å². The predicted molar refractivity (Wildman–Crippen MR) is 77.1 cm³/mol. The maximum Gasteiger partial charge on any atom is 0.242 e. The third kappa shape index (κ3) is 4.45. The predicted octanol–water partition coefficient (Wildman–Crippen LogP) is 0.113. The van der Waals surface area contributed by atoms with Crippen LogP contribution in [0, 0.1) is 5.92 Å². The quantitative estimate of drug-likeness (QED) is 0.751. The average molecular weight is 285 g/mol. The maximum absolute atomic E-state index is 12.1. The minimum Gasteiger partial charge on any atom is -0.377 e. The molecule has 2 atom stereocenters. The molecule has 0 aromatic carbocycles. The largest absolute Gasteiger partial charge is 0.377 e. The highest BCUT2D eigenvalue weighted by Crippen LogP contribution is 2.23. The zero-order chi connectivity index (χ0) is 15.3. The number of hydrogen-bond acceptors (Lipinski definition) is 4. The first kappa shape index (κ1) is 16.9. The summed E-state index contributed by atoms with van der Waals surface area (Å²) in [6, 6.07) is -0.576. The van der Waals surface area contributed by atoms with Crippen LogP contribution in [0.25, 0.3) is 0 Å². The molecule has 0 spiro atoms. The Kier molecular flexibility index (Phi) is 5.95. The highest BCUT2D eigenvalue weighted by molar-refractivity contribution is 5.87. The van der Waals surface area contributed by atoms with Crippen molar-refractivity contribution < 1.29 is 14.3 Å². The van der Waals surface area contributed by atoms with Gasteiger partial charge in [0, 0.05) is 20.2 Å². The van der Waals surface area contributed by atoms with Gasteiger partial charge in [-0.2, -0.15) is 0 Å². The Balaban J connectivity index is 2.45. The van der Waals surface area contributed by atoms with Crippen LogP contribution in [-0.2, 0) is 14.3 Å². The number of carbonyl (C=O) groups excluding carboxylic acids is 2. The van der Waals surface area contributed by atoms with Crippen molar-refractivity contribution in [3.63, 3.8) is 0 Å². The fourth-order valence-corrected chi connectivity index (χ4v) is 2.28. The standard InChI is InChI=1S/C14H27N3O3/c1-10(2)12(15)13(19)16-8-11(18)17-7-5-6-14(3,9-17)20-4/h10,12H,5-9,15H2,1-4H3,(H,16,19)/t12-,14?/m0/s1. The fourth-order valence-electron chi connectivity index (χ4n) is 2.28. The molecule has 0 aliphatic carbocycles. The van der Waals surface area contributed by atoms with Crippen molar-refractivity contribution in [2.45, 2.75) is 45.3 Å². The van der Waals surface area contributed by atoms with E-state index < -0.39 is 6.04 Å². The molecule has 6 nitrogen and oxygen atoms in total. The second kappa shape index (κ2) is 7.04. The normalized spacial score (nSPS) is 24.6. The van der Waals surface area contributed by atoms with E-state index >= 15 is 0 Å². The molecule has 1 fully saturated rings. The molecule has 1 rings (SSSR count). The topological polar surface area (TPSA) is 84.7 Å². The van der Waals surface area contributed by atoms with Crippen LogP contribution in [0.1, 0.15) is 33.6 Å². The van der Waals surface area contributed by atoms with Gasteiger partial charge >= 0.3 is 0 Å². The van der Waals surface area contributed by atoms with Crippen LogP contribution < -0.4 is 11.1 Å². The molecular weight excluding hydrogens is 258 g/mol. The molecule has 0 saturated carbocycles. The van der Waals surface area contributed by atoms with Crippen molar-refractivity contribution >= 4 is 11.8 Å². The number of nitrogens with zero attached hydrogens (tertiary/aromatic N) is 1. The molecule has 0 bridgehead atoms. The summed E-state index contributed by atoms with van der Waals surface area (Å²) < 4.78 is 5.45. The Morgan fingerprint density at radius 2 is 2.10 bits per heavy atom. The maximum atomic E-state index is 12.1. The molecule has 0 aromatic heterocycles. The Labute approximate surface area is 121 Å². The van der Waals surface area contributed by atoms with Gasteiger partial charge in [0.25, 0.3) is 0 Å². The number of carbonyl (C=O) groups is 2. The van der Waals surface area contributed by atoms with E-state index in [0.717, 1.165) is 12.8 Å². The summed E-state index contributed by atoms with van der Waals surface area (Å²) in [5, 5.41) is 2.61. The molecule has 0 aromatic rings. The van der Waals surface area contributed by atoms with Crippen LogP contribution in [0.5, 0.6) is 0 Å². The van der Waals surface area contributed by atoms with E-state index in [0.29, 0.717) is 13.1 Å². The summed E-state index contributed by atoms with van der Waals surface area (Å²) in [5.74, 6) is -0.311. The van der Waals surface area contributed by atoms with Crippen molar-refractivity contribution in [1.82, 2.24) is 10.2 Å². The molecule has 3 N–H and O–H groups in total. The summed E-state index contributed by atoms with van der Waals surface area (Å²) in [6.07, 6.45) is 1.85. The van der Waals surface area contributed by atoms with E-state index in [-0.39, 0.29) is 29.9 Å². The lowest BCUT2D eigenvalue weighted by atomic mass is 9.95. The first-order chi connectivity index (χ1) is 9.29. The Bertz CT molecular complexity index is 360. The second-order valence-electron chi connectivity index (χ2n) is 6.06. The third-order valence-electron chi connectivity index (χ3n) is 3.94. The minimum absolute atomic E-state index is 0.000945.